The molecule has 2 aliphatic rings. The smallest absolute Gasteiger partial charge is 0.314 e. The first-order valence-electron chi connectivity index (χ1n) is 9.84. The molecule has 1 aromatic rings. The van der Waals surface area contributed by atoms with Crippen LogP contribution < -0.4 is 10.6 Å². The number of rotatable bonds is 9. The van der Waals surface area contributed by atoms with Gasteiger partial charge in [-0.15, -0.1) is 0 Å². The van der Waals surface area contributed by atoms with Gasteiger partial charge in [0.2, 0.25) is 0 Å². The molecule has 0 saturated carbocycles. The lowest BCUT2D eigenvalue weighted by atomic mass is 10.2. The molecule has 0 spiro atoms. The molecule has 0 aromatic carbocycles. The molecule has 1 aromatic heterocycles. The Kier molecular flexibility index (Phi) is 7.18. The summed E-state index contributed by atoms with van der Waals surface area (Å²) in [4.78, 5) is 17.0. The highest BCUT2D eigenvalue weighted by atomic mass is 16.3. The second-order valence-corrected chi connectivity index (χ2v) is 7.17. The van der Waals surface area contributed by atoms with Crippen molar-refractivity contribution in [2.75, 3.05) is 45.8 Å². The first-order valence-corrected chi connectivity index (χ1v) is 9.84. The van der Waals surface area contributed by atoms with Crippen LogP contribution in [-0.2, 0) is 0 Å². The molecule has 2 aliphatic heterocycles. The maximum absolute atomic E-state index is 12.1. The molecule has 2 fully saturated rings. The molecule has 25 heavy (non-hydrogen) atoms. The monoisotopic (exact) mass is 348 g/mol. The second-order valence-electron chi connectivity index (χ2n) is 7.17. The molecule has 6 nitrogen and oxygen atoms in total. The first-order chi connectivity index (χ1) is 12.3. The summed E-state index contributed by atoms with van der Waals surface area (Å²) in [5.41, 5.74) is 0. The number of carbonyl (C=O) groups excluding carboxylic acids is 1. The van der Waals surface area contributed by atoms with E-state index in [9.17, 15) is 4.79 Å². The van der Waals surface area contributed by atoms with Crippen LogP contribution in [0.15, 0.2) is 22.8 Å². The zero-order valence-electron chi connectivity index (χ0n) is 15.2. The lowest BCUT2D eigenvalue weighted by Gasteiger charge is -2.26. The van der Waals surface area contributed by atoms with Crippen molar-refractivity contribution in [2.24, 2.45) is 0 Å². The molecule has 2 amide bonds. The van der Waals surface area contributed by atoms with Gasteiger partial charge in [-0.3, -0.25) is 4.90 Å². The Morgan fingerprint density at radius 1 is 1.08 bits per heavy atom. The largest absolute Gasteiger partial charge is 0.468 e. The summed E-state index contributed by atoms with van der Waals surface area (Å²) in [7, 11) is 0. The number of hydrogen-bond donors (Lipinski definition) is 2. The Balaban J connectivity index is 1.32. The maximum Gasteiger partial charge on any atom is 0.314 e. The van der Waals surface area contributed by atoms with Crippen LogP contribution in [0.25, 0.3) is 0 Å². The van der Waals surface area contributed by atoms with E-state index in [1.165, 1.54) is 45.3 Å². The molecular formula is C19H32N4O2. The minimum Gasteiger partial charge on any atom is -0.468 e. The van der Waals surface area contributed by atoms with E-state index in [4.69, 9.17) is 4.42 Å². The molecule has 2 N–H and O–H groups in total. The van der Waals surface area contributed by atoms with Crippen molar-refractivity contribution < 1.29 is 9.21 Å². The fraction of sp³-hybridized carbons (Fsp3) is 0.737. The number of hydrogen-bond acceptors (Lipinski definition) is 4. The van der Waals surface area contributed by atoms with Crippen molar-refractivity contribution in [3.05, 3.63) is 24.2 Å². The number of nitrogens with one attached hydrogen (secondary N) is 2. The zero-order chi connectivity index (χ0) is 17.3. The highest BCUT2D eigenvalue weighted by Gasteiger charge is 2.25. The molecule has 1 atom stereocenters. The van der Waals surface area contributed by atoms with Gasteiger partial charge in [-0.05, 0) is 83.4 Å². The van der Waals surface area contributed by atoms with Crippen molar-refractivity contribution in [2.45, 2.75) is 44.6 Å². The van der Waals surface area contributed by atoms with Crippen LogP contribution in [0.3, 0.4) is 0 Å². The van der Waals surface area contributed by atoms with Gasteiger partial charge >= 0.3 is 6.03 Å². The molecule has 0 radical (unpaired) electrons. The highest BCUT2D eigenvalue weighted by molar-refractivity contribution is 5.73. The predicted molar refractivity (Wildman–Crippen MR) is 98.6 cm³/mol. The highest BCUT2D eigenvalue weighted by Crippen LogP contribution is 2.24. The summed E-state index contributed by atoms with van der Waals surface area (Å²) in [6.07, 6.45) is 9.03. The van der Waals surface area contributed by atoms with Crippen molar-refractivity contribution in [1.29, 1.82) is 0 Å². The van der Waals surface area contributed by atoms with Gasteiger partial charge in [0.15, 0.2) is 0 Å². The van der Waals surface area contributed by atoms with E-state index in [-0.39, 0.29) is 12.1 Å². The van der Waals surface area contributed by atoms with Crippen molar-refractivity contribution in [3.63, 3.8) is 0 Å². The fourth-order valence-corrected chi connectivity index (χ4v) is 3.86. The average Bonchev–Trinajstić information content (AvgIpc) is 3.38. The number of carbonyl (C=O) groups is 1. The third kappa shape index (κ3) is 5.75. The van der Waals surface area contributed by atoms with Crippen LogP contribution in [0, 0.1) is 0 Å². The van der Waals surface area contributed by atoms with E-state index < -0.39 is 0 Å². The summed E-state index contributed by atoms with van der Waals surface area (Å²) in [6, 6.07) is 3.98. The van der Waals surface area contributed by atoms with E-state index in [1.54, 1.807) is 6.26 Å². The number of nitrogens with zero attached hydrogens (tertiary/aromatic N) is 2. The van der Waals surface area contributed by atoms with E-state index in [0.717, 1.165) is 38.2 Å². The lowest BCUT2D eigenvalue weighted by molar-refractivity contribution is 0.203. The Morgan fingerprint density at radius 2 is 1.84 bits per heavy atom. The Morgan fingerprint density at radius 3 is 2.56 bits per heavy atom. The quantitative estimate of drug-likeness (QED) is 0.674. The number of furan rings is 1. The summed E-state index contributed by atoms with van der Waals surface area (Å²) in [5, 5.41) is 6.00. The van der Waals surface area contributed by atoms with Gasteiger partial charge in [-0.25, -0.2) is 4.79 Å². The van der Waals surface area contributed by atoms with Crippen LogP contribution >= 0.6 is 0 Å². The summed E-state index contributed by atoms with van der Waals surface area (Å²) < 4.78 is 5.58. The molecule has 3 rings (SSSR count). The van der Waals surface area contributed by atoms with Crippen molar-refractivity contribution in [3.8, 4) is 0 Å². The molecule has 2 saturated heterocycles. The standard InChI is InChI=1S/C19H32N4O2/c24-19(20-9-1-2-10-22-11-3-4-12-22)21-16-17(18-8-7-15-25-18)23-13-5-6-14-23/h7-8,15,17H,1-6,9-14,16H2,(H2,20,21,24). The number of amides is 2. The molecule has 0 aliphatic carbocycles. The Labute approximate surface area is 150 Å². The zero-order valence-corrected chi connectivity index (χ0v) is 15.2. The summed E-state index contributed by atoms with van der Waals surface area (Å²) >= 11 is 0. The van der Waals surface area contributed by atoms with Gasteiger partial charge in [-0.2, -0.15) is 0 Å². The Hall–Kier alpha value is -1.53. The van der Waals surface area contributed by atoms with Gasteiger partial charge < -0.3 is 20.0 Å². The molecule has 140 valence electrons. The van der Waals surface area contributed by atoms with Crippen LogP contribution in [0.5, 0.6) is 0 Å². The van der Waals surface area contributed by atoms with Crippen LogP contribution in [0.1, 0.15) is 50.3 Å². The predicted octanol–water partition coefficient (Wildman–Crippen LogP) is 2.59. The topological polar surface area (TPSA) is 60.8 Å². The van der Waals surface area contributed by atoms with Crippen molar-refractivity contribution in [1.82, 2.24) is 20.4 Å². The van der Waals surface area contributed by atoms with E-state index in [2.05, 4.69) is 20.4 Å². The second kappa shape index (κ2) is 9.82. The lowest BCUT2D eigenvalue weighted by Crippen LogP contribution is -2.41. The fourth-order valence-electron chi connectivity index (χ4n) is 3.86. The normalized spacial score (nSPS) is 20.0. The van der Waals surface area contributed by atoms with E-state index in [1.807, 2.05) is 12.1 Å². The third-order valence-corrected chi connectivity index (χ3v) is 5.29. The van der Waals surface area contributed by atoms with Gasteiger partial charge in [0.1, 0.15) is 5.76 Å². The van der Waals surface area contributed by atoms with Crippen molar-refractivity contribution >= 4 is 6.03 Å². The van der Waals surface area contributed by atoms with E-state index in [0.29, 0.717) is 6.54 Å². The van der Waals surface area contributed by atoms with Crippen LogP contribution in [0.4, 0.5) is 4.79 Å². The summed E-state index contributed by atoms with van der Waals surface area (Å²) in [5.74, 6) is 0.938. The minimum atomic E-state index is -0.0723. The van der Waals surface area contributed by atoms with Gasteiger partial charge in [0, 0.05) is 13.1 Å². The molecule has 3 heterocycles. The third-order valence-electron chi connectivity index (χ3n) is 5.29. The molecular weight excluding hydrogens is 316 g/mol. The number of likely N-dealkylation sites (tertiary alicyclic amines) is 2. The van der Waals surface area contributed by atoms with E-state index >= 15 is 0 Å². The van der Waals surface area contributed by atoms with Gasteiger partial charge in [0.05, 0.1) is 12.3 Å². The van der Waals surface area contributed by atoms with Gasteiger partial charge in [0.25, 0.3) is 0 Å². The van der Waals surface area contributed by atoms with Gasteiger partial charge in [-0.1, -0.05) is 0 Å². The Bertz CT molecular complexity index is 494. The van der Waals surface area contributed by atoms with Crippen LogP contribution in [0.2, 0.25) is 0 Å². The molecule has 0 bridgehead atoms. The van der Waals surface area contributed by atoms with Crippen LogP contribution in [-0.4, -0.2) is 61.6 Å². The average molecular weight is 348 g/mol. The number of urea groups is 1. The molecule has 6 heteroatoms. The SMILES string of the molecule is O=C(NCCCCN1CCCC1)NCC(c1ccco1)N1CCCC1. The summed E-state index contributed by atoms with van der Waals surface area (Å²) in [6.45, 7) is 7.15. The minimum absolute atomic E-state index is 0.0723. The molecule has 1 unspecified atom stereocenters. The first kappa shape index (κ1) is 18.3. The maximum atomic E-state index is 12.1. The number of unbranched alkanes of at least 4 members (excludes halogenated alkanes) is 1.